The summed E-state index contributed by atoms with van der Waals surface area (Å²) in [6, 6.07) is 2.05. The summed E-state index contributed by atoms with van der Waals surface area (Å²) in [7, 11) is 0. The number of aliphatic hydroxyl groups is 1. The molecule has 1 heterocycles. The second-order valence-electron chi connectivity index (χ2n) is 4.68. The molecule has 2 rings (SSSR count). The van der Waals surface area contributed by atoms with Gasteiger partial charge in [-0.05, 0) is 36.8 Å². The van der Waals surface area contributed by atoms with E-state index in [2.05, 4.69) is 19.9 Å². The minimum absolute atomic E-state index is 0.327. The van der Waals surface area contributed by atoms with Crippen molar-refractivity contribution in [3.8, 4) is 0 Å². The Kier molecular flexibility index (Phi) is 2.80. The number of rotatable bonds is 2. The zero-order valence-electron chi connectivity index (χ0n) is 9.49. The van der Waals surface area contributed by atoms with E-state index in [0.29, 0.717) is 17.2 Å². The van der Waals surface area contributed by atoms with Crippen LogP contribution < -0.4 is 0 Å². The van der Waals surface area contributed by atoms with Crippen molar-refractivity contribution < 1.29 is 15.0 Å². The Balaban J connectivity index is 2.50. The first-order valence-corrected chi connectivity index (χ1v) is 6.35. The number of fused-ring (bicyclic) bond motifs is 1. The van der Waals surface area contributed by atoms with E-state index in [0.717, 1.165) is 23.3 Å². The fourth-order valence-corrected chi connectivity index (χ4v) is 3.45. The molecule has 16 heavy (non-hydrogen) atoms. The molecule has 4 heteroatoms. The van der Waals surface area contributed by atoms with Crippen molar-refractivity contribution in [2.24, 2.45) is 0 Å². The van der Waals surface area contributed by atoms with E-state index in [-0.39, 0.29) is 0 Å². The zero-order valence-corrected chi connectivity index (χ0v) is 10.3. The van der Waals surface area contributed by atoms with Crippen LogP contribution in [0.15, 0.2) is 6.07 Å². The highest BCUT2D eigenvalue weighted by atomic mass is 32.1. The maximum absolute atomic E-state index is 11.2. The lowest BCUT2D eigenvalue weighted by Crippen LogP contribution is -2.37. The van der Waals surface area contributed by atoms with E-state index >= 15 is 0 Å². The number of aryl methyl sites for hydroxylation is 1. The molecule has 0 aromatic carbocycles. The van der Waals surface area contributed by atoms with E-state index in [1.54, 1.807) is 0 Å². The van der Waals surface area contributed by atoms with Crippen LogP contribution in [0.25, 0.3) is 0 Å². The molecule has 1 atom stereocenters. The lowest BCUT2D eigenvalue weighted by molar-refractivity contribution is -0.160. The highest BCUT2D eigenvalue weighted by molar-refractivity contribution is 7.12. The molecule has 0 bridgehead atoms. The van der Waals surface area contributed by atoms with Crippen LogP contribution in [-0.4, -0.2) is 16.2 Å². The minimum Gasteiger partial charge on any atom is -0.479 e. The first-order valence-electron chi connectivity index (χ1n) is 5.54. The number of hydrogen-bond acceptors (Lipinski definition) is 3. The topological polar surface area (TPSA) is 57.5 Å². The van der Waals surface area contributed by atoms with E-state index in [4.69, 9.17) is 5.11 Å². The van der Waals surface area contributed by atoms with Gasteiger partial charge in [0, 0.05) is 4.88 Å². The second kappa shape index (κ2) is 3.86. The van der Waals surface area contributed by atoms with Crippen LogP contribution in [0.1, 0.15) is 47.9 Å². The number of carbonyl (C=O) groups is 1. The Morgan fingerprint density at radius 3 is 2.81 bits per heavy atom. The van der Waals surface area contributed by atoms with Gasteiger partial charge in [0.15, 0.2) is 5.60 Å². The summed E-state index contributed by atoms with van der Waals surface area (Å²) in [6.45, 7) is 4.16. The molecule has 2 N–H and O–H groups in total. The summed E-state index contributed by atoms with van der Waals surface area (Å²) >= 11 is 1.45. The van der Waals surface area contributed by atoms with Crippen molar-refractivity contribution in [3.05, 3.63) is 21.4 Å². The summed E-state index contributed by atoms with van der Waals surface area (Å²) in [4.78, 5) is 13.0. The van der Waals surface area contributed by atoms with Gasteiger partial charge < -0.3 is 10.2 Å². The van der Waals surface area contributed by atoms with Gasteiger partial charge >= 0.3 is 5.97 Å². The predicted molar refractivity (Wildman–Crippen MR) is 62.9 cm³/mol. The van der Waals surface area contributed by atoms with Gasteiger partial charge in [-0.25, -0.2) is 4.79 Å². The van der Waals surface area contributed by atoms with E-state index in [1.807, 2.05) is 0 Å². The standard InChI is InChI=1S/C12H16O3S/c1-7(2)9-6-8-4-3-5-12(15,11(13)14)10(8)16-9/h6-7,15H,3-5H2,1-2H3,(H,13,14). The average molecular weight is 240 g/mol. The number of thiophene rings is 1. The Morgan fingerprint density at radius 1 is 1.56 bits per heavy atom. The quantitative estimate of drug-likeness (QED) is 0.835. The van der Waals surface area contributed by atoms with Crippen molar-refractivity contribution in [2.45, 2.75) is 44.6 Å². The monoisotopic (exact) mass is 240 g/mol. The molecule has 3 nitrogen and oxygen atoms in total. The van der Waals surface area contributed by atoms with Crippen LogP contribution >= 0.6 is 11.3 Å². The smallest absolute Gasteiger partial charge is 0.341 e. The molecule has 0 saturated carbocycles. The van der Waals surface area contributed by atoms with Gasteiger partial charge in [-0.3, -0.25) is 0 Å². The Labute approximate surface area is 98.7 Å². The van der Waals surface area contributed by atoms with Gasteiger partial charge in [-0.1, -0.05) is 13.8 Å². The fourth-order valence-electron chi connectivity index (χ4n) is 2.12. The number of hydrogen-bond donors (Lipinski definition) is 2. The van der Waals surface area contributed by atoms with Gasteiger partial charge in [-0.2, -0.15) is 0 Å². The van der Waals surface area contributed by atoms with Crippen LogP contribution in [0.3, 0.4) is 0 Å². The molecule has 0 aliphatic heterocycles. The summed E-state index contributed by atoms with van der Waals surface area (Å²) < 4.78 is 0. The molecule has 88 valence electrons. The second-order valence-corrected chi connectivity index (χ2v) is 5.76. The van der Waals surface area contributed by atoms with Gasteiger partial charge in [0.2, 0.25) is 0 Å². The van der Waals surface area contributed by atoms with Crippen molar-refractivity contribution in [3.63, 3.8) is 0 Å². The van der Waals surface area contributed by atoms with Gasteiger partial charge in [-0.15, -0.1) is 11.3 Å². The normalized spacial score (nSPS) is 24.5. The molecular weight excluding hydrogens is 224 g/mol. The summed E-state index contributed by atoms with van der Waals surface area (Å²) in [5.74, 6) is -0.737. The van der Waals surface area contributed by atoms with Crippen LogP contribution in [0.5, 0.6) is 0 Å². The zero-order chi connectivity index (χ0) is 11.9. The summed E-state index contributed by atoms with van der Waals surface area (Å²) in [5.41, 5.74) is -0.629. The number of carboxylic acids is 1. The largest absolute Gasteiger partial charge is 0.479 e. The van der Waals surface area contributed by atoms with Gasteiger partial charge in [0.05, 0.1) is 4.88 Å². The average Bonchev–Trinajstić information content (AvgIpc) is 2.63. The predicted octanol–water partition coefficient (Wildman–Crippen LogP) is 2.48. The number of carboxylic acid groups (broad SMARTS) is 1. The first-order chi connectivity index (χ1) is 7.45. The van der Waals surface area contributed by atoms with E-state index < -0.39 is 11.6 Å². The third-order valence-corrected chi connectivity index (χ3v) is 4.74. The summed E-state index contributed by atoms with van der Waals surface area (Å²) in [5, 5.41) is 19.4. The maximum Gasteiger partial charge on any atom is 0.341 e. The van der Waals surface area contributed by atoms with E-state index in [9.17, 15) is 9.90 Å². The SMILES string of the molecule is CC(C)c1cc2c(s1)C(O)(C(=O)O)CCC2. The molecular formula is C12H16O3S. The molecule has 0 radical (unpaired) electrons. The minimum atomic E-state index is -1.65. The highest BCUT2D eigenvalue weighted by Crippen LogP contribution is 2.42. The molecule has 1 aromatic rings. The first kappa shape index (κ1) is 11.6. The van der Waals surface area contributed by atoms with Crippen molar-refractivity contribution >= 4 is 17.3 Å². The lowest BCUT2D eigenvalue weighted by Gasteiger charge is -2.27. The maximum atomic E-state index is 11.2. The van der Waals surface area contributed by atoms with Crippen LogP contribution in [0.2, 0.25) is 0 Å². The molecule has 1 aromatic heterocycles. The van der Waals surface area contributed by atoms with Crippen LogP contribution in [0.4, 0.5) is 0 Å². The Hall–Kier alpha value is -0.870. The van der Waals surface area contributed by atoms with Crippen LogP contribution in [-0.2, 0) is 16.8 Å². The third kappa shape index (κ3) is 1.66. The highest BCUT2D eigenvalue weighted by Gasteiger charge is 2.43. The molecule has 0 fully saturated rings. The molecule has 0 amide bonds. The van der Waals surface area contributed by atoms with Gasteiger partial charge in [0.1, 0.15) is 0 Å². The Bertz CT molecular complexity index is 422. The Morgan fingerprint density at radius 2 is 2.25 bits per heavy atom. The lowest BCUT2D eigenvalue weighted by atomic mass is 9.85. The van der Waals surface area contributed by atoms with E-state index in [1.165, 1.54) is 11.3 Å². The van der Waals surface area contributed by atoms with Crippen molar-refractivity contribution in [1.82, 2.24) is 0 Å². The number of aliphatic carboxylic acids is 1. The fraction of sp³-hybridized carbons (Fsp3) is 0.583. The third-order valence-electron chi connectivity index (χ3n) is 3.11. The van der Waals surface area contributed by atoms with Crippen molar-refractivity contribution in [2.75, 3.05) is 0 Å². The van der Waals surface area contributed by atoms with Crippen LogP contribution in [0, 0.1) is 0 Å². The van der Waals surface area contributed by atoms with Gasteiger partial charge in [0.25, 0.3) is 0 Å². The molecule has 1 aliphatic carbocycles. The molecule has 0 saturated heterocycles. The molecule has 1 aliphatic rings. The molecule has 1 unspecified atom stereocenters. The molecule has 0 spiro atoms. The van der Waals surface area contributed by atoms with Crippen molar-refractivity contribution in [1.29, 1.82) is 0 Å². The summed E-state index contributed by atoms with van der Waals surface area (Å²) in [6.07, 6.45) is 1.95.